The summed E-state index contributed by atoms with van der Waals surface area (Å²) in [7, 11) is 0. The Morgan fingerprint density at radius 3 is 2.44 bits per heavy atom. The van der Waals surface area contributed by atoms with Gasteiger partial charge in [0.05, 0.1) is 4.92 Å². The molecule has 2 aromatic rings. The monoisotopic (exact) mass is 392 g/mol. The van der Waals surface area contributed by atoms with Gasteiger partial charge in [0.1, 0.15) is 11.1 Å². The van der Waals surface area contributed by atoms with Crippen molar-refractivity contribution in [3.8, 4) is 0 Å². The van der Waals surface area contributed by atoms with E-state index in [2.05, 4.69) is 5.32 Å². The van der Waals surface area contributed by atoms with Crippen LogP contribution in [0.1, 0.15) is 13.8 Å². The molecule has 0 aliphatic heterocycles. The molecular weight excluding hydrogens is 375 g/mol. The summed E-state index contributed by atoms with van der Waals surface area (Å²) < 4.78 is 18.3. The number of carbonyl (C=O) groups excluding carboxylic acids is 2. The number of hydrogen-bond donors (Lipinski definition) is 1. The van der Waals surface area contributed by atoms with Crippen molar-refractivity contribution in [2.75, 3.05) is 5.32 Å². The third-order valence-corrected chi connectivity index (χ3v) is 4.54. The topological polar surface area (TPSA) is 98.5 Å². The smallest absolute Gasteiger partial charge is 0.319 e. The second-order valence-corrected chi connectivity index (χ2v) is 7.00. The van der Waals surface area contributed by atoms with Crippen LogP contribution in [0.4, 0.5) is 15.8 Å². The zero-order valence-electron chi connectivity index (χ0n) is 14.5. The zero-order valence-corrected chi connectivity index (χ0v) is 15.4. The molecule has 2 aromatic carbocycles. The maximum atomic E-state index is 13.1. The molecule has 0 heterocycles. The van der Waals surface area contributed by atoms with E-state index < -0.39 is 34.0 Å². The average Bonchev–Trinajstić information content (AvgIpc) is 2.62. The highest BCUT2D eigenvalue weighted by Crippen LogP contribution is 2.26. The van der Waals surface area contributed by atoms with E-state index in [1.54, 1.807) is 6.92 Å². The van der Waals surface area contributed by atoms with Gasteiger partial charge >= 0.3 is 5.97 Å². The number of nitrogens with one attached hydrogen (secondary N) is 1. The maximum absolute atomic E-state index is 13.1. The molecule has 0 aromatic heterocycles. The van der Waals surface area contributed by atoms with Crippen LogP contribution in [0.2, 0.25) is 0 Å². The first kappa shape index (κ1) is 20.4. The molecule has 0 saturated carbocycles. The number of nitro benzene ring substituents is 1. The SMILES string of the molecule is C[C@H](OC(=O)[C@@H](C)Sc1ccc([N+](=O)[O-])cc1)C(=O)Nc1cccc(F)c1. The second kappa shape index (κ2) is 9.13. The number of nitro groups is 1. The highest BCUT2D eigenvalue weighted by atomic mass is 32.2. The number of rotatable bonds is 7. The molecule has 1 N–H and O–H groups in total. The molecule has 2 rings (SSSR count). The molecule has 0 spiro atoms. The molecule has 7 nitrogen and oxygen atoms in total. The average molecular weight is 392 g/mol. The third-order valence-electron chi connectivity index (χ3n) is 3.45. The lowest BCUT2D eigenvalue weighted by molar-refractivity contribution is -0.384. The molecule has 2 atom stereocenters. The molecule has 0 aliphatic carbocycles. The summed E-state index contributed by atoms with van der Waals surface area (Å²) >= 11 is 1.15. The van der Waals surface area contributed by atoms with Crippen LogP contribution in [-0.4, -0.2) is 28.2 Å². The van der Waals surface area contributed by atoms with Crippen molar-refractivity contribution in [1.29, 1.82) is 0 Å². The van der Waals surface area contributed by atoms with Gasteiger partial charge in [-0.2, -0.15) is 0 Å². The molecule has 0 fully saturated rings. The molecule has 0 unspecified atom stereocenters. The summed E-state index contributed by atoms with van der Waals surface area (Å²) in [6.45, 7) is 3.02. The number of carbonyl (C=O) groups is 2. The van der Waals surface area contributed by atoms with Gasteiger partial charge in [0.15, 0.2) is 6.10 Å². The van der Waals surface area contributed by atoms with E-state index in [1.165, 1.54) is 49.4 Å². The number of amides is 1. The Bertz CT molecular complexity index is 844. The molecule has 0 saturated heterocycles. The summed E-state index contributed by atoms with van der Waals surface area (Å²) in [6.07, 6.45) is -1.07. The summed E-state index contributed by atoms with van der Waals surface area (Å²) in [5.74, 6) is -1.69. The molecule has 142 valence electrons. The first-order chi connectivity index (χ1) is 12.8. The number of benzene rings is 2. The minimum absolute atomic E-state index is 0.0442. The van der Waals surface area contributed by atoms with Crippen LogP contribution >= 0.6 is 11.8 Å². The second-order valence-electron chi connectivity index (χ2n) is 5.59. The summed E-state index contributed by atoms with van der Waals surface area (Å²) in [5.41, 5.74) is 0.216. The summed E-state index contributed by atoms with van der Waals surface area (Å²) in [6, 6.07) is 11.1. The minimum atomic E-state index is -1.07. The Labute approximate surface area is 159 Å². The van der Waals surface area contributed by atoms with Crippen molar-refractivity contribution in [2.45, 2.75) is 30.1 Å². The Kier molecular flexibility index (Phi) is 6.89. The summed E-state index contributed by atoms with van der Waals surface area (Å²) in [4.78, 5) is 35.0. The van der Waals surface area contributed by atoms with Crippen molar-refractivity contribution < 1.29 is 23.6 Å². The molecular formula is C18H17FN2O5S. The fourth-order valence-corrected chi connectivity index (χ4v) is 2.89. The van der Waals surface area contributed by atoms with Crippen molar-refractivity contribution >= 4 is 35.0 Å². The highest BCUT2D eigenvalue weighted by molar-refractivity contribution is 8.00. The fraction of sp³-hybridized carbons (Fsp3) is 0.222. The number of ether oxygens (including phenoxy) is 1. The lowest BCUT2D eigenvalue weighted by atomic mass is 10.3. The van der Waals surface area contributed by atoms with Gasteiger partial charge in [-0.3, -0.25) is 19.7 Å². The van der Waals surface area contributed by atoms with Crippen molar-refractivity contribution in [3.05, 3.63) is 64.5 Å². The minimum Gasteiger partial charge on any atom is -0.452 e. The number of esters is 1. The fourth-order valence-electron chi connectivity index (χ4n) is 2.03. The number of nitrogens with zero attached hydrogens (tertiary/aromatic N) is 1. The van der Waals surface area contributed by atoms with E-state index in [4.69, 9.17) is 4.74 Å². The Hall–Kier alpha value is -2.94. The normalized spacial score (nSPS) is 12.7. The third kappa shape index (κ3) is 6.07. The maximum Gasteiger partial charge on any atom is 0.319 e. The Balaban J connectivity index is 1.88. The van der Waals surface area contributed by atoms with E-state index >= 15 is 0 Å². The van der Waals surface area contributed by atoms with Gasteiger partial charge in [-0.15, -0.1) is 11.8 Å². The largest absolute Gasteiger partial charge is 0.452 e. The number of thioether (sulfide) groups is 1. The Morgan fingerprint density at radius 1 is 1.19 bits per heavy atom. The predicted molar refractivity (Wildman–Crippen MR) is 99.0 cm³/mol. The molecule has 1 amide bonds. The number of anilines is 1. The van der Waals surface area contributed by atoms with E-state index in [-0.39, 0.29) is 11.4 Å². The van der Waals surface area contributed by atoms with E-state index in [0.717, 1.165) is 17.8 Å². The molecule has 27 heavy (non-hydrogen) atoms. The van der Waals surface area contributed by atoms with Crippen molar-refractivity contribution in [1.82, 2.24) is 0 Å². The lowest BCUT2D eigenvalue weighted by Gasteiger charge is -2.16. The van der Waals surface area contributed by atoms with Crippen LogP contribution in [0.25, 0.3) is 0 Å². The predicted octanol–water partition coefficient (Wildman–Crippen LogP) is 3.78. The number of non-ortho nitro benzene ring substituents is 1. The van der Waals surface area contributed by atoms with Gasteiger partial charge in [0.25, 0.3) is 11.6 Å². The van der Waals surface area contributed by atoms with E-state index in [9.17, 15) is 24.1 Å². The standard InChI is InChI=1S/C18H17FN2O5S/c1-11(17(22)20-14-5-3-4-13(19)10-14)26-18(23)12(2)27-16-8-6-15(7-9-16)21(24)25/h3-12H,1-2H3,(H,20,22)/t11-,12+/m0/s1. The molecule has 9 heteroatoms. The van der Waals surface area contributed by atoms with Crippen molar-refractivity contribution in [2.24, 2.45) is 0 Å². The van der Waals surface area contributed by atoms with E-state index in [0.29, 0.717) is 4.90 Å². The van der Waals surface area contributed by atoms with Crippen LogP contribution in [0.5, 0.6) is 0 Å². The zero-order chi connectivity index (χ0) is 20.0. The summed E-state index contributed by atoms with van der Waals surface area (Å²) in [5, 5.41) is 12.5. The van der Waals surface area contributed by atoms with Crippen LogP contribution < -0.4 is 5.32 Å². The molecule has 0 bridgehead atoms. The highest BCUT2D eigenvalue weighted by Gasteiger charge is 2.23. The first-order valence-corrected chi connectivity index (χ1v) is 8.82. The number of halogens is 1. The van der Waals surface area contributed by atoms with E-state index in [1.807, 2.05) is 0 Å². The van der Waals surface area contributed by atoms with Gasteiger partial charge in [0.2, 0.25) is 0 Å². The van der Waals surface area contributed by atoms with Crippen LogP contribution in [0.15, 0.2) is 53.4 Å². The van der Waals surface area contributed by atoms with Crippen LogP contribution in [0.3, 0.4) is 0 Å². The lowest BCUT2D eigenvalue weighted by Crippen LogP contribution is -2.32. The van der Waals surface area contributed by atoms with Gasteiger partial charge in [-0.05, 0) is 44.2 Å². The quantitative estimate of drug-likeness (QED) is 0.333. The van der Waals surface area contributed by atoms with Gasteiger partial charge < -0.3 is 10.1 Å². The van der Waals surface area contributed by atoms with Crippen molar-refractivity contribution in [3.63, 3.8) is 0 Å². The van der Waals surface area contributed by atoms with Crippen LogP contribution in [0, 0.1) is 15.9 Å². The molecule has 0 aliphatic rings. The number of hydrogen-bond acceptors (Lipinski definition) is 6. The first-order valence-electron chi connectivity index (χ1n) is 7.94. The van der Waals surface area contributed by atoms with Gasteiger partial charge in [-0.1, -0.05) is 6.07 Å². The van der Waals surface area contributed by atoms with Gasteiger partial charge in [-0.25, -0.2) is 4.39 Å². The van der Waals surface area contributed by atoms with Crippen LogP contribution in [-0.2, 0) is 14.3 Å². The molecule has 0 radical (unpaired) electrons. The Morgan fingerprint density at radius 2 is 1.85 bits per heavy atom. The van der Waals surface area contributed by atoms with Gasteiger partial charge in [0, 0.05) is 22.7 Å².